The van der Waals surface area contributed by atoms with E-state index in [4.69, 9.17) is 45.2 Å². The van der Waals surface area contributed by atoms with Gasteiger partial charge in [-0.25, -0.2) is 0 Å². The van der Waals surface area contributed by atoms with Crippen molar-refractivity contribution in [1.82, 2.24) is 0 Å². The van der Waals surface area contributed by atoms with Crippen molar-refractivity contribution in [3.63, 3.8) is 0 Å². The summed E-state index contributed by atoms with van der Waals surface area (Å²) in [7, 11) is -8.75. The van der Waals surface area contributed by atoms with Gasteiger partial charge in [-0.1, -0.05) is 0 Å². The van der Waals surface area contributed by atoms with Crippen LogP contribution in [0.1, 0.15) is 0 Å². The third-order valence-corrected chi connectivity index (χ3v) is 0. The van der Waals surface area contributed by atoms with E-state index in [2.05, 4.69) is 0 Å². The second-order valence-electron chi connectivity index (χ2n) is 0.866. The molecule has 0 aromatic carbocycles. The summed E-state index contributed by atoms with van der Waals surface area (Å²) in [6.45, 7) is 0. The molecule has 1 radical (unpaired) electrons. The van der Waals surface area contributed by atoms with Crippen LogP contribution in [-0.2, 0) is 25.8 Å². The van der Waals surface area contributed by atoms with Gasteiger partial charge in [-0.2, -0.15) is 0 Å². The van der Waals surface area contributed by atoms with Crippen LogP contribution in [0.2, 0.25) is 0 Å². The Kier molecular flexibility index (Phi) is 73.2. The van der Waals surface area contributed by atoms with E-state index in [1.54, 1.807) is 0 Å². The molecule has 9 nitrogen and oxygen atoms in total. The van der Waals surface area contributed by atoms with Crippen LogP contribution in [0.25, 0.3) is 0 Å². The van der Waals surface area contributed by atoms with Gasteiger partial charge in [0.2, 0.25) is 0 Å². The normalized spacial score (nSPS) is 5.40. The molecule has 0 unspecified atom stereocenters. The molecule has 0 bridgehead atoms. The summed E-state index contributed by atoms with van der Waals surface area (Å²) in [4.78, 5) is 0. The van der Waals surface area contributed by atoms with Crippen molar-refractivity contribution in [2.75, 3.05) is 0 Å². The van der Waals surface area contributed by atoms with Crippen molar-refractivity contribution in [2.24, 2.45) is 0 Å². The van der Waals surface area contributed by atoms with Crippen molar-refractivity contribution in [3.05, 3.63) is 0 Å². The molecule has 0 aliphatic carbocycles. The average Bonchev–Trinajstić information content (AvgIpc) is 1.54. The van der Waals surface area contributed by atoms with Crippen LogP contribution >= 0.6 is 0 Å². The standard InChI is InChI=1S/3BO3.La.Nd.Sc/c3*2-1(3)4;;;/q3*-3;3*+3. The van der Waals surface area contributed by atoms with E-state index in [9.17, 15) is 0 Å². The number of hydrogen-bond donors (Lipinski definition) is 0. The van der Waals surface area contributed by atoms with E-state index < -0.39 is 22.0 Å². The molecule has 0 saturated heterocycles. The third kappa shape index (κ3) is 380. The van der Waals surface area contributed by atoms with Crippen molar-refractivity contribution >= 4 is 22.0 Å². The third-order valence-electron chi connectivity index (χ3n) is 0. The Morgan fingerprint density at radius 2 is 0.467 bits per heavy atom. The Balaban J connectivity index is -0.0000000184. The van der Waals surface area contributed by atoms with Gasteiger partial charge in [-0.05, 0) is 0 Å². The molecule has 15 heavy (non-hydrogen) atoms. The van der Waals surface area contributed by atoms with E-state index in [-0.39, 0.29) is 102 Å². The second kappa shape index (κ2) is 30.4. The quantitative estimate of drug-likeness (QED) is 0.286. The summed E-state index contributed by atoms with van der Waals surface area (Å²) in [5, 5.41) is 75.8. The minimum Gasteiger partial charge on any atom is -0.907 e. The summed E-state index contributed by atoms with van der Waals surface area (Å²) in [6.07, 6.45) is 0. The molecule has 0 aliphatic rings. The van der Waals surface area contributed by atoms with Gasteiger partial charge in [-0.15, -0.1) is 0 Å². The van der Waals surface area contributed by atoms with E-state index in [1.807, 2.05) is 0 Å². The molecular formula is B3LaNdO9Sc. The molecule has 0 saturated carbocycles. The predicted molar refractivity (Wildman–Crippen MR) is 17.3 cm³/mol. The van der Waals surface area contributed by atoms with Crippen LogP contribution in [0.5, 0.6) is 0 Å². The molecule has 0 heterocycles. The molecule has 15 heteroatoms. The molecule has 73 valence electrons. The van der Waals surface area contributed by atoms with Crippen LogP contribution in [0.4, 0.5) is 0 Å². The van der Waals surface area contributed by atoms with Gasteiger partial charge in [0, 0.05) is 0 Å². The molecule has 0 rings (SSSR count). The minimum absolute atomic E-state index is 0. The first kappa shape index (κ1) is 36.2. The molecular weight excluding hydrogens is 505 g/mol. The first-order valence-electron chi connectivity index (χ1n) is 2.12. The fourth-order valence-corrected chi connectivity index (χ4v) is 0. The summed E-state index contributed by atoms with van der Waals surface area (Å²) >= 11 is 0. The first-order chi connectivity index (χ1) is 5.20. The van der Waals surface area contributed by atoms with Crippen LogP contribution < -0.4 is 45.2 Å². The minimum atomic E-state index is -2.92. The summed E-state index contributed by atoms with van der Waals surface area (Å²) in [5.41, 5.74) is 0. The van der Waals surface area contributed by atoms with Gasteiger partial charge in [-0.3, -0.25) is 22.0 Å². The van der Waals surface area contributed by atoms with E-state index in [1.165, 1.54) is 0 Å². The first-order valence-corrected chi connectivity index (χ1v) is 2.12. The Morgan fingerprint density at radius 1 is 0.467 bits per heavy atom. The Hall–Kier alpha value is 3.25. The van der Waals surface area contributed by atoms with Crippen LogP contribution in [0.15, 0.2) is 0 Å². The molecule has 0 aliphatic heterocycles. The van der Waals surface area contributed by atoms with Gasteiger partial charge in [0.15, 0.2) is 0 Å². The molecule has 0 aromatic heterocycles. The summed E-state index contributed by atoms with van der Waals surface area (Å²) in [5.74, 6) is 0. The zero-order valence-corrected chi connectivity index (χ0v) is 15.7. The van der Waals surface area contributed by atoms with E-state index in [0.29, 0.717) is 0 Å². The van der Waals surface area contributed by atoms with Gasteiger partial charge in [0.25, 0.3) is 0 Å². The molecule has 0 atom stereocenters. The monoisotopic (exact) mass is 503 g/mol. The molecule has 0 N–H and O–H groups in total. The number of rotatable bonds is 0. The van der Waals surface area contributed by atoms with Crippen molar-refractivity contribution in [1.29, 1.82) is 0 Å². The Labute approximate surface area is 166 Å². The Bertz CT molecular complexity index is 53.8. The van der Waals surface area contributed by atoms with Gasteiger partial charge in [0.05, 0.1) is 0 Å². The van der Waals surface area contributed by atoms with Crippen molar-refractivity contribution < 1.29 is 147 Å². The smallest absolute Gasteiger partial charge is 0.907 e. The molecule has 0 fully saturated rings. The maximum absolute atomic E-state index is 8.42. The van der Waals surface area contributed by atoms with Crippen LogP contribution in [-0.4, -0.2) is 22.0 Å². The van der Waals surface area contributed by atoms with Gasteiger partial charge >= 0.3 is 102 Å². The van der Waals surface area contributed by atoms with E-state index in [0.717, 1.165) is 0 Å². The summed E-state index contributed by atoms with van der Waals surface area (Å²) in [6, 6.07) is 0. The second-order valence-corrected chi connectivity index (χ2v) is 0.866. The summed E-state index contributed by atoms with van der Waals surface area (Å²) < 4.78 is 0. The topological polar surface area (TPSA) is 208 Å². The average molecular weight is 505 g/mol. The van der Waals surface area contributed by atoms with Crippen LogP contribution in [0.3, 0.4) is 0 Å². The van der Waals surface area contributed by atoms with Crippen molar-refractivity contribution in [2.45, 2.75) is 0 Å². The van der Waals surface area contributed by atoms with E-state index >= 15 is 0 Å². The molecule has 0 aromatic rings. The van der Waals surface area contributed by atoms with Gasteiger partial charge in [0.1, 0.15) is 0 Å². The largest absolute Gasteiger partial charge is 3.00 e. The zero-order valence-electron chi connectivity index (χ0n) is 7.06. The van der Waals surface area contributed by atoms with Crippen LogP contribution in [0, 0.1) is 76.4 Å². The fraction of sp³-hybridized carbons (Fsp3) is 0. The zero-order chi connectivity index (χ0) is 10.7. The SMILES string of the molecule is [La+3].[Nd+3].[O-]B([O-])[O-].[O-]B([O-])[O-].[O-]B([O-])[O-].[Sc+3]. The van der Waals surface area contributed by atoms with Gasteiger partial charge < -0.3 is 45.2 Å². The Morgan fingerprint density at radius 3 is 0.467 bits per heavy atom. The maximum Gasteiger partial charge on any atom is 3.00 e. The molecule has 0 spiro atoms. The fourth-order valence-electron chi connectivity index (χ4n) is 0. The predicted octanol–water partition coefficient (Wildman–Crippen LogP) is -11.8. The maximum atomic E-state index is 8.42. The molecule has 0 amide bonds. The number of hydrogen-bond acceptors (Lipinski definition) is 9. The van der Waals surface area contributed by atoms with Crippen molar-refractivity contribution in [3.8, 4) is 0 Å².